The molecular formula is C11H11BrN2. The molecule has 2 aromatic rings. The quantitative estimate of drug-likeness (QED) is 0.749. The first-order chi connectivity index (χ1) is 6.84. The monoisotopic (exact) mass is 250 g/mol. The fourth-order valence-electron chi connectivity index (χ4n) is 1.83. The Bertz CT molecular complexity index is 471. The molecule has 0 unspecified atom stereocenters. The molecule has 0 atom stereocenters. The van der Waals surface area contributed by atoms with Crippen LogP contribution in [0.2, 0.25) is 0 Å². The van der Waals surface area contributed by atoms with Crippen LogP contribution >= 0.6 is 15.9 Å². The van der Waals surface area contributed by atoms with Gasteiger partial charge in [-0.25, -0.2) is 4.98 Å². The smallest absolute Gasteiger partial charge is 0.115 e. The highest BCUT2D eigenvalue weighted by Gasteiger charge is 2.22. The lowest BCUT2D eigenvalue weighted by Crippen LogP contribution is -1.97. The zero-order valence-corrected chi connectivity index (χ0v) is 9.37. The van der Waals surface area contributed by atoms with Crippen molar-refractivity contribution in [3.63, 3.8) is 0 Å². The highest BCUT2D eigenvalue weighted by atomic mass is 79.9. The van der Waals surface area contributed by atoms with E-state index in [1.54, 1.807) is 0 Å². The topological polar surface area (TPSA) is 17.8 Å². The number of aromatic nitrogens is 2. The Morgan fingerprint density at radius 2 is 2.29 bits per heavy atom. The number of halogens is 1. The van der Waals surface area contributed by atoms with E-state index in [1.165, 1.54) is 30.3 Å². The molecule has 0 aliphatic heterocycles. The summed E-state index contributed by atoms with van der Waals surface area (Å²) in [5.74, 6) is 0.914. The zero-order chi connectivity index (χ0) is 9.54. The van der Waals surface area contributed by atoms with Gasteiger partial charge in [0.1, 0.15) is 4.60 Å². The first-order valence-electron chi connectivity index (χ1n) is 4.94. The second-order valence-electron chi connectivity index (χ2n) is 3.95. The summed E-state index contributed by atoms with van der Waals surface area (Å²) < 4.78 is 3.28. The summed E-state index contributed by atoms with van der Waals surface area (Å²) in [6.07, 6.45) is 6.81. The Morgan fingerprint density at radius 1 is 1.43 bits per heavy atom. The van der Waals surface area contributed by atoms with E-state index in [9.17, 15) is 0 Å². The largest absolute Gasteiger partial charge is 0.347 e. The van der Waals surface area contributed by atoms with Gasteiger partial charge in [0.2, 0.25) is 0 Å². The molecule has 1 fully saturated rings. The van der Waals surface area contributed by atoms with Crippen LogP contribution in [0.25, 0.3) is 10.9 Å². The number of pyridine rings is 1. The van der Waals surface area contributed by atoms with E-state index in [4.69, 9.17) is 0 Å². The molecule has 0 radical (unpaired) electrons. The Hall–Kier alpha value is -0.830. The maximum absolute atomic E-state index is 4.22. The maximum atomic E-state index is 4.22. The van der Waals surface area contributed by atoms with Crippen LogP contribution in [-0.4, -0.2) is 9.55 Å². The normalized spacial score (nSPS) is 16.4. The summed E-state index contributed by atoms with van der Waals surface area (Å²) in [6.45, 7) is 1.17. The van der Waals surface area contributed by atoms with Crippen LogP contribution in [0, 0.1) is 5.92 Å². The van der Waals surface area contributed by atoms with E-state index < -0.39 is 0 Å². The molecule has 0 spiro atoms. The Balaban J connectivity index is 2.10. The van der Waals surface area contributed by atoms with Crippen molar-refractivity contribution in [2.45, 2.75) is 19.4 Å². The van der Waals surface area contributed by atoms with Gasteiger partial charge < -0.3 is 4.57 Å². The molecule has 1 aliphatic carbocycles. The van der Waals surface area contributed by atoms with E-state index in [2.05, 4.69) is 43.8 Å². The predicted octanol–water partition coefficient (Wildman–Crippen LogP) is 3.21. The van der Waals surface area contributed by atoms with Gasteiger partial charge in [-0.05, 0) is 46.8 Å². The molecule has 3 rings (SSSR count). The van der Waals surface area contributed by atoms with Crippen molar-refractivity contribution in [3.8, 4) is 0 Å². The second-order valence-corrected chi connectivity index (χ2v) is 4.70. The third-order valence-electron chi connectivity index (χ3n) is 2.80. The summed E-state index contributed by atoms with van der Waals surface area (Å²) >= 11 is 3.47. The lowest BCUT2D eigenvalue weighted by molar-refractivity contribution is 0.647. The number of hydrogen-bond donors (Lipinski definition) is 0. The molecule has 0 N–H and O–H groups in total. The van der Waals surface area contributed by atoms with Gasteiger partial charge in [-0.3, -0.25) is 0 Å². The van der Waals surface area contributed by atoms with E-state index in [-0.39, 0.29) is 0 Å². The van der Waals surface area contributed by atoms with E-state index in [0.29, 0.717) is 0 Å². The molecule has 3 heteroatoms. The zero-order valence-electron chi connectivity index (χ0n) is 7.78. The molecule has 72 valence electrons. The van der Waals surface area contributed by atoms with Crippen LogP contribution in [0.5, 0.6) is 0 Å². The van der Waals surface area contributed by atoms with Gasteiger partial charge in [0.05, 0.1) is 5.52 Å². The minimum atomic E-state index is 0.914. The number of rotatable bonds is 2. The van der Waals surface area contributed by atoms with Crippen LogP contribution in [0.15, 0.2) is 29.1 Å². The summed E-state index contributed by atoms with van der Waals surface area (Å²) in [5, 5.41) is 1.22. The van der Waals surface area contributed by atoms with E-state index in [1.807, 2.05) is 6.20 Å². The molecule has 0 amide bonds. The third kappa shape index (κ3) is 1.36. The first-order valence-corrected chi connectivity index (χ1v) is 5.73. The highest BCUT2D eigenvalue weighted by Crippen LogP contribution is 2.32. The fraction of sp³-hybridized carbons (Fsp3) is 0.364. The SMILES string of the molecule is Brc1nccc2c1ccn2CC1CC1. The second kappa shape index (κ2) is 3.09. The molecular weight excluding hydrogens is 240 g/mol. The lowest BCUT2D eigenvalue weighted by atomic mass is 10.3. The Morgan fingerprint density at radius 3 is 3.07 bits per heavy atom. The summed E-state index contributed by atoms with van der Waals surface area (Å²) in [6, 6.07) is 4.22. The van der Waals surface area contributed by atoms with Gasteiger partial charge in [0, 0.05) is 24.3 Å². The van der Waals surface area contributed by atoms with Gasteiger partial charge in [-0.2, -0.15) is 0 Å². The van der Waals surface area contributed by atoms with Gasteiger partial charge in [-0.15, -0.1) is 0 Å². The van der Waals surface area contributed by atoms with Crippen molar-refractivity contribution in [2.24, 2.45) is 5.92 Å². The highest BCUT2D eigenvalue weighted by molar-refractivity contribution is 9.10. The third-order valence-corrected chi connectivity index (χ3v) is 3.43. The van der Waals surface area contributed by atoms with Crippen LogP contribution in [0.4, 0.5) is 0 Å². The average Bonchev–Trinajstić information content (AvgIpc) is 2.88. The van der Waals surface area contributed by atoms with Gasteiger partial charge in [0.15, 0.2) is 0 Å². The molecule has 0 saturated heterocycles. The van der Waals surface area contributed by atoms with Crippen molar-refractivity contribution < 1.29 is 0 Å². The summed E-state index contributed by atoms with van der Waals surface area (Å²) in [7, 11) is 0. The Labute approximate surface area is 91.1 Å². The van der Waals surface area contributed by atoms with Crippen molar-refractivity contribution in [2.75, 3.05) is 0 Å². The molecule has 2 heterocycles. The van der Waals surface area contributed by atoms with Crippen LogP contribution in [0.3, 0.4) is 0 Å². The molecule has 2 nitrogen and oxygen atoms in total. The number of nitrogens with zero attached hydrogens (tertiary/aromatic N) is 2. The van der Waals surface area contributed by atoms with Gasteiger partial charge in [0.25, 0.3) is 0 Å². The van der Waals surface area contributed by atoms with E-state index >= 15 is 0 Å². The molecule has 0 bridgehead atoms. The molecule has 14 heavy (non-hydrogen) atoms. The van der Waals surface area contributed by atoms with Crippen molar-refractivity contribution >= 4 is 26.8 Å². The minimum Gasteiger partial charge on any atom is -0.347 e. The molecule has 1 saturated carbocycles. The molecule has 0 aromatic carbocycles. The first kappa shape index (κ1) is 8.48. The summed E-state index contributed by atoms with van der Waals surface area (Å²) in [4.78, 5) is 4.22. The van der Waals surface area contributed by atoms with Crippen LogP contribution in [-0.2, 0) is 6.54 Å². The van der Waals surface area contributed by atoms with Crippen molar-refractivity contribution in [3.05, 3.63) is 29.1 Å². The lowest BCUT2D eigenvalue weighted by Gasteiger charge is -2.03. The van der Waals surface area contributed by atoms with Crippen molar-refractivity contribution in [1.29, 1.82) is 0 Å². The molecule has 2 aromatic heterocycles. The van der Waals surface area contributed by atoms with Crippen LogP contribution < -0.4 is 0 Å². The van der Waals surface area contributed by atoms with Crippen LogP contribution in [0.1, 0.15) is 12.8 Å². The Kier molecular flexibility index (Phi) is 1.87. The minimum absolute atomic E-state index is 0.914. The number of hydrogen-bond acceptors (Lipinski definition) is 1. The fourth-order valence-corrected chi connectivity index (χ4v) is 2.28. The van der Waals surface area contributed by atoms with Gasteiger partial charge >= 0.3 is 0 Å². The van der Waals surface area contributed by atoms with Gasteiger partial charge in [-0.1, -0.05) is 0 Å². The van der Waals surface area contributed by atoms with Crippen molar-refractivity contribution in [1.82, 2.24) is 9.55 Å². The van der Waals surface area contributed by atoms with E-state index in [0.717, 1.165) is 10.5 Å². The number of fused-ring (bicyclic) bond motifs is 1. The average molecular weight is 251 g/mol. The summed E-state index contributed by atoms with van der Waals surface area (Å²) in [5.41, 5.74) is 1.29. The molecule has 1 aliphatic rings. The standard InChI is InChI=1S/C11H11BrN2/c12-11-9-4-6-14(7-8-1-2-8)10(9)3-5-13-11/h3-6,8H,1-2,7H2. The predicted molar refractivity (Wildman–Crippen MR) is 60.2 cm³/mol. The maximum Gasteiger partial charge on any atom is 0.115 e.